The fourth-order valence-corrected chi connectivity index (χ4v) is 4.88. The molecule has 1 fully saturated rings. The number of hydrogen-bond acceptors (Lipinski definition) is 4. The summed E-state index contributed by atoms with van der Waals surface area (Å²) in [5.74, 6) is 0.110. The molecule has 0 bridgehead atoms. The molecule has 2 aromatic heterocycles. The molecule has 1 N–H and O–H groups in total. The Labute approximate surface area is 196 Å². The maximum absolute atomic E-state index is 13.9. The number of fused-ring (bicyclic) bond motifs is 3. The molecule has 176 valence electrons. The second kappa shape index (κ2) is 9.38. The van der Waals surface area contributed by atoms with E-state index in [0.717, 1.165) is 47.8 Å². The Morgan fingerprint density at radius 1 is 1.09 bits per heavy atom. The molecule has 1 saturated heterocycles. The molecule has 0 aliphatic carbocycles. The van der Waals surface area contributed by atoms with Crippen molar-refractivity contribution in [3.05, 3.63) is 76.5 Å². The Kier molecular flexibility index (Phi) is 6.15. The maximum atomic E-state index is 13.9. The van der Waals surface area contributed by atoms with Crippen LogP contribution in [-0.2, 0) is 24.9 Å². The van der Waals surface area contributed by atoms with Crippen LogP contribution in [0.3, 0.4) is 0 Å². The van der Waals surface area contributed by atoms with Crippen LogP contribution in [0.2, 0.25) is 0 Å². The zero-order chi connectivity index (χ0) is 23.7. The smallest absolute Gasteiger partial charge is 0.291 e. The molecule has 0 unspecified atom stereocenters. The van der Waals surface area contributed by atoms with Gasteiger partial charge in [0.1, 0.15) is 17.9 Å². The van der Waals surface area contributed by atoms with Gasteiger partial charge in [0.25, 0.3) is 5.56 Å². The Balaban J connectivity index is 1.22. The van der Waals surface area contributed by atoms with E-state index >= 15 is 0 Å². The molecular weight excluding hydrogens is 433 g/mol. The second-order valence-electron chi connectivity index (χ2n) is 9.05. The summed E-state index contributed by atoms with van der Waals surface area (Å²) < 4.78 is 17.0. The number of aryl methyl sites for hydroxylation is 1. The number of amides is 1. The second-order valence-corrected chi connectivity index (χ2v) is 9.05. The highest BCUT2D eigenvalue weighted by atomic mass is 19.1. The minimum absolute atomic E-state index is 0.0788. The van der Waals surface area contributed by atoms with Crippen molar-refractivity contribution in [2.75, 3.05) is 19.6 Å². The fourth-order valence-electron chi connectivity index (χ4n) is 4.88. The number of hydrogen-bond donors (Lipinski definition) is 1. The molecule has 0 spiro atoms. The average molecular weight is 462 g/mol. The van der Waals surface area contributed by atoms with Gasteiger partial charge in [0.2, 0.25) is 5.91 Å². The van der Waals surface area contributed by atoms with Crippen LogP contribution in [0.4, 0.5) is 4.39 Å². The van der Waals surface area contributed by atoms with E-state index in [0.29, 0.717) is 24.5 Å². The third kappa shape index (κ3) is 4.33. The fraction of sp³-hybridized carbons (Fsp3) is 0.346. The predicted octanol–water partition coefficient (Wildman–Crippen LogP) is 3.06. The van der Waals surface area contributed by atoms with Gasteiger partial charge in [-0.05, 0) is 44.0 Å². The van der Waals surface area contributed by atoms with Crippen LogP contribution in [0, 0.1) is 11.7 Å². The minimum atomic E-state index is -0.219. The van der Waals surface area contributed by atoms with Crippen LogP contribution >= 0.6 is 0 Å². The van der Waals surface area contributed by atoms with Crippen molar-refractivity contribution in [2.45, 2.75) is 25.9 Å². The van der Waals surface area contributed by atoms with E-state index in [1.165, 1.54) is 10.7 Å². The Morgan fingerprint density at radius 3 is 2.62 bits per heavy atom. The molecule has 0 atom stereocenters. The predicted molar refractivity (Wildman–Crippen MR) is 130 cm³/mol. The molecule has 5 rings (SSSR count). The topological polar surface area (TPSA) is 72.2 Å². The number of halogens is 1. The van der Waals surface area contributed by atoms with Crippen LogP contribution < -0.4 is 10.9 Å². The van der Waals surface area contributed by atoms with Crippen molar-refractivity contribution >= 4 is 27.7 Å². The average Bonchev–Trinajstić information content (AvgIpc) is 3.16. The highest BCUT2D eigenvalue weighted by Crippen LogP contribution is 2.26. The van der Waals surface area contributed by atoms with Crippen molar-refractivity contribution in [2.24, 2.45) is 13.0 Å². The number of carbonyl (C=O) groups excluding carboxylic acids is 1. The number of benzene rings is 2. The van der Waals surface area contributed by atoms with Gasteiger partial charge in [-0.2, -0.15) is 5.10 Å². The Bertz CT molecular complexity index is 1400. The Hall–Kier alpha value is -3.52. The minimum Gasteiger partial charge on any atom is -0.354 e. The van der Waals surface area contributed by atoms with Gasteiger partial charge in [0.15, 0.2) is 0 Å². The standard InChI is InChI=1S/C26H28FN5O2/c1-30-26(34)25-21(15-29-30)20-7-3-5-9-23(20)32(25)17-24(33)28-14-18-10-12-31(13-11-18)16-19-6-2-4-8-22(19)27/h2-9,15,18H,10-14,16-17H2,1H3,(H,28,33). The van der Waals surface area contributed by atoms with Crippen LogP contribution in [0.1, 0.15) is 18.4 Å². The van der Waals surface area contributed by atoms with Crippen molar-refractivity contribution in [3.8, 4) is 0 Å². The number of rotatable bonds is 6. The summed E-state index contributed by atoms with van der Waals surface area (Å²) in [6.45, 7) is 3.05. The first-order valence-electron chi connectivity index (χ1n) is 11.7. The molecule has 2 aromatic carbocycles. The lowest BCUT2D eigenvalue weighted by atomic mass is 9.96. The Morgan fingerprint density at radius 2 is 1.82 bits per heavy atom. The molecule has 1 aliphatic heterocycles. The third-order valence-electron chi connectivity index (χ3n) is 6.82. The first kappa shape index (κ1) is 22.3. The van der Waals surface area contributed by atoms with Crippen molar-refractivity contribution in [1.82, 2.24) is 24.6 Å². The first-order chi connectivity index (χ1) is 16.5. The summed E-state index contributed by atoms with van der Waals surface area (Å²) in [5.41, 5.74) is 1.85. The van der Waals surface area contributed by atoms with Crippen molar-refractivity contribution in [1.29, 1.82) is 0 Å². The molecule has 7 nitrogen and oxygen atoms in total. The van der Waals surface area contributed by atoms with Gasteiger partial charge < -0.3 is 9.88 Å². The van der Waals surface area contributed by atoms with E-state index < -0.39 is 0 Å². The number of carbonyl (C=O) groups is 1. The number of para-hydroxylation sites is 1. The molecule has 1 amide bonds. The van der Waals surface area contributed by atoms with E-state index in [4.69, 9.17) is 0 Å². The van der Waals surface area contributed by atoms with Gasteiger partial charge in [0, 0.05) is 42.0 Å². The van der Waals surface area contributed by atoms with Gasteiger partial charge >= 0.3 is 0 Å². The molecule has 0 radical (unpaired) electrons. The van der Waals surface area contributed by atoms with E-state index in [2.05, 4.69) is 15.3 Å². The molecular formula is C26H28FN5O2. The first-order valence-corrected chi connectivity index (χ1v) is 11.7. The number of likely N-dealkylation sites (tertiary alicyclic amines) is 1. The van der Waals surface area contributed by atoms with E-state index in [-0.39, 0.29) is 23.8 Å². The van der Waals surface area contributed by atoms with Crippen LogP contribution in [0.25, 0.3) is 21.8 Å². The zero-order valence-electron chi connectivity index (χ0n) is 19.2. The lowest BCUT2D eigenvalue weighted by Crippen LogP contribution is -2.39. The summed E-state index contributed by atoms with van der Waals surface area (Å²) in [6.07, 6.45) is 3.59. The van der Waals surface area contributed by atoms with Gasteiger partial charge in [-0.1, -0.05) is 36.4 Å². The summed E-state index contributed by atoms with van der Waals surface area (Å²) in [6, 6.07) is 14.6. The van der Waals surface area contributed by atoms with Crippen molar-refractivity contribution in [3.63, 3.8) is 0 Å². The lowest BCUT2D eigenvalue weighted by Gasteiger charge is -2.32. The van der Waals surface area contributed by atoms with E-state index in [9.17, 15) is 14.0 Å². The van der Waals surface area contributed by atoms with E-state index in [1.54, 1.807) is 23.9 Å². The van der Waals surface area contributed by atoms with Crippen molar-refractivity contribution < 1.29 is 9.18 Å². The van der Waals surface area contributed by atoms with Crippen LogP contribution in [-0.4, -0.2) is 44.8 Å². The summed E-state index contributed by atoms with van der Waals surface area (Å²) in [4.78, 5) is 27.9. The molecule has 0 saturated carbocycles. The van der Waals surface area contributed by atoms with Gasteiger partial charge in [-0.25, -0.2) is 9.07 Å². The number of aromatic nitrogens is 3. The number of piperidine rings is 1. The van der Waals surface area contributed by atoms with Crippen LogP contribution in [0.5, 0.6) is 0 Å². The highest BCUT2D eigenvalue weighted by Gasteiger charge is 2.21. The largest absolute Gasteiger partial charge is 0.354 e. The lowest BCUT2D eigenvalue weighted by molar-refractivity contribution is -0.121. The monoisotopic (exact) mass is 461 g/mol. The zero-order valence-corrected chi connectivity index (χ0v) is 19.2. The van der Waals surface area contributed by atoms with E-state index in [1.807, 2.05) is 36.4 Å². The normalized spacial score (nSPS) is 15.2. The van der Waals surface area contributed by atoms with Gasteiger partial charge in [0.05, 0.1) is 6.20 Å². The number of nitrogens with zero attached hydrogens (tertiary/aromatic N) is 4. The highest BCUT2D eigenvalue weighted by molar-refractivity contribution is 6.07. The molecule has 3 heterocycles. The van der Waals surface area contributed by atoms with Gasteiger partial charge in [-0.3, -0.25) is 14.5 Å². The third-order valence-corrected chi connectivity index (χ3v) is 6.82. The van der Waals surface area contributed by atoms with Crippen LogP contribution in [0.15, 0.2) is 59.5 Å². The molecule has 8 heteroatoms. The summed E-state index contributed by atoms with van der Waals surface area (Å²) >= 11 is 0. The summed E-state index contributed by atoms with van der Waals surface area (Å²) in [5, 5.41) is 8.89. The molecule has 34 heavy (non-hydrogen) atoms. The molecule has 1 aliphatic rings. The quantitative estimate of drug-likeness (QED) is 0.479. The number of nitrogens with one attached hydrogen (secondary N) is 1. The van der Waals surface area contributed by atoms with Gasteiger partial charge in [-0.15, -0.1) is 0 Å². The maximum Gasteiger partial charge on any atom is 0.291 e. The SMILES string of the molecule is Cn1ncc2c3ccccc3n(CC(=O)NCC3CCN(Cc4ccccc4F)CC3)c2c1=O. The summed E-state index contributed by atoms with van der Waals surface area (Å²) in [7, 11) is 1.61. The molecule has 4 aromatic rings.